The summed E-state index contributed by atoms with van der Waals surface area (Å²) in [7, 11) is 0. The van der Waals surface area contributed by atoms with Gasteiger partial charge in [0.1, 0.15) is 23.7 Å². The van der Waals surface area contributed by atoms with Crippen LogP contribution in [0.1, 0.15) is 74.1 Å². The first-order valence-corrected chi connectivity index (χ1v) is 13.3. The molecule has 1 saturated heterocycles. The standard InChI is InChI=1S/C32H38O4/c1-32(2,3)36-26-16-18-30-24(19-26)11-17-29(22-7-5-4-6-8-22)31(30)23-9-12-25(13-10-23)34-21-28-15-14-27(20-33)35-28/h4-10,12-13,16,18-19,27-29,31,33H,11,14-15,17,20-21H2,1-3H3/t27-,28-,29-,31+/m1/s1. The van der Waals surface area contributed by atoms with Gasteiger partial charge in [-0.15, -0.1) is 0 Å². The lowest BCUT2D eigenvalue weighted by atomic mass is 9.69. The highest BCUT2D eigenvalue weighted by molar-refractivity contribution is 5.48. The van der Waals surface area contributed by atoms with Crippen molar-refractivity contribution in [3.8, 4) is 11.5 Å². The molecule has 3 aromatic rings. The number of fused-ring (bicyclic) bond motifs is 1. The Labute approximate surface area is 215 Å². The lowest BCUT2D eigenvalue weighted by Gasteiger charge is -2.35. The van der Waals surface area contributed by atoms with Gasteiger partial charge in [0, 0.05) is 5.92 Å². The Bertz CT molecular complexity index is 1130. The van der Waals surface area contributed by atoms with Crippen LogP contribution < -0.4 is 9.47 Å². The van der Waals surface area contributed by atoms with E-state index in [2.05, 4.69) is 93.6 Å². The van der Waals surface area contributed by atoms with E-state index in [-0.39, 0.29) is 30.3 Å². The van der Waals surface area contributed by atoms with Gasteiger partial charge in [-0.2, -0.15) is 0 Å². The Kier molecular flexibility index (Phi) is 7.36. The zero-order chi connectivity index (χ0) is 25.1. The van der Waals surface area contributed by atoms with Crippen molar-refractivity contribution in [1.29, 1.82) is 0 Å². The average Bonchev–Trinajstić information content (AvgIpc) is 3.35. The Balaban J connectivity index is 1.39. The summed E-state index contributed by atoms with van der Waals surface area (Å²) in [6.07, 6.45) is 3.99. The molecular formula is C32H38O4. The lowest BCUT2D eigenvalue weighted by molar-refractivity contribution is -0.00722. The topological polar surface area (TPSA) is 47.9 Å². The van der Waals surface area contributed by atoms with Crippen LogP contribution in [0.25, 0.3) is 0 Å². The molecule has 0 bridgehead atoms. The summed E-state index contributed by atoms with van der Waals surface area (Å²) in [6, 6.07) is 26.2. The number of ether oxygens (including phenoxy) is 3. The van der Waals surface area contributed by atoms with Crippen molar-refractivity contribution in [3.63, 3.8) is 0 Å². The Morgan fingerprint density at radius 3 is 2.25 bits per heavy atom. The molecule has 5 rings (SSSR count). The maximum absolute atomic E-state index is 9.29. The van der Waals surface area contributed by atoms with Crippen molar-refractivity contribution in [2.45, 2.75) is 76.1 Å². The van der Waals surface area contributed by atoms with Crippen LogP contribution in [0.4, 0.5) is 0 Å². The third-order valence-corrected chi connectivity index (χ3v) is 7.30. The highest BCUT2D eigenvalue weighted by Crippen LogP contribution is 2.47. The van der Waals surface area contributed by atoms with Crippen LogP contribution in [0.15, 0.2) is 72.8 Å². The van der Waals surface area contributed by atoms with Crippen molar-refractivity contribution in [2.24, 2.45) is 0 Å². The fraction of sp³-hybridized carbons (Fsp3) is 0.438. The zero-order valence-electron chi connectivity index (χ0n) is 21.7. The average molecular weight is 487 g/mol. The first kappa shape index (κ1) is 24.9. The maximum Gasteiger partial charge on any atom is 0.120 e. The molecule has 1 fully saturated rings. The van der Waals surface area contributed by atoms with Crippen molar-refractivity contribution in [3.05, 3.63) is 95.1 Å². The highest BCUT2D eigenvalue weighted by Gasteiger charge is 2.32. The molecule has 4 atom stereocenters. The summed E-state index contributed by atoms with van der Waals surface area (Å²) >= 11 is 0. The monoisotopic (exact) mass is 486 g/mol. The quantitative estimate of drug-likeness (QED) is 0.406. The first-order valence-electron chi connectivity index (χ1n) is 13.3. The van der Waals surface area contributed by atoms with Crippen LogP contribution in [-0.2, 0) is 11.2 Å². The molecule has 2 aliphatic rings. The van der Waals surface area contributed by atoms with E-state index in [4.69, 9.17) is 14.2 Å². The Hall–Kier alpha value is -2.82. The molecule has 3 aromatic carbocycles. The SMILES string of the molecule is CC(C)(C)Oc1ccc2c(c1)CC[C@H](c1ccccc1)[C@@H]2c1ccc(OC[C@H]2CC[C@H](CO)O2)cc1. The lowest BCUT2D eigenvalue weighted by Crippen LogP contribution is -2.24. The third-order valence-electron chi connectivity index (χ3n) is 7.30. The summed E-state index contributed by atoms with van der Waals surface area (Å²) in [6.45, 7) is 6.88. The Morgan fingerprint density at radius 1 is 0.833 bits per heavy atom. The van der Waals surface area contributed by atoms with Gasteiger partial charge < -0.3 is 19.3 Å². The normalized spacial score (nSPS) is 23.8. The number of rotatable bonds is 7. The van der Waals surface area contributed by atoms with Gasteiger partial charge in [0.05, 0.1) is 18.8 Å². The molecule has 1 aliphatic heterocycles. The van der Waals surface area contributed by atoms with Gasteiger partial charge in [0.25, 0.3) is 0 Å². The number of hydrogen-bond donors (Lipinski definition) is 1. The largest absolute Gasteiger partial charge is 0.491 e. The van der Waals surface area contributed by atoms with E-state index in [9.17, 15) is 5.11 Å². The molecule has 1 aliphatic carbocycles. The van der Waals surface area contributed by atoms with Gasteiger partial charge >= 0.3 is 0 Å². The summed E-state index contributed by atoms with van der Waals surface area (Å²) in [5.74, 6) is 2.50. The van der Waals surface area contributed by atoms with E-state index in [1.54, 1.807) is 0 Å². The predicted octanol–water partition coefficient (Wildman–Crippen LogP) is 6.64. The molecule has 0 unspecified atom stereocenters. The number of benzene rings is 3. The van der Waals surface area contributed by atoms with Crippen molar-refractivity contribution in [2.75, 3.05) is 13.2 Å². The summed E-state index contributed by atoms with van der Waals surface area (Å²) in [5.41, 5.74) is 5.25. The molecule has 0 aromatic heterocycles. The minimum Gasteiger partial charge on any atom is -0.491 e. The highest BCUT2D eigenvalue weighted by atomic mass is 16.5. The second-order valence-electron chi connectivity index (χ2n) is 11.1. The van der Waals surface area contributed by atoms with E-state index >= 15 is 0 Å². The second kappa shape index (κ2) is 10.7. The number of aliphatic hydroxyl groups excluding tert-OH is 1. The van der Waals surface area contributed by atoms with Gasteiger partial charge in [0.2, 0.25) is 0 Å². The van der Waals surface area contributed by atoms with Crippen molar-refractivity contribution >= 4 is 0 Å². The molecule has 0 amide bonds. The van der Waals surface area contributed by atoms with Crippen LogP contribution in [-0.4, -0.2) is 36.1 Å². The number of hydrogen-bond acceptors (Lipinski definition) is 4. The molecule has 4 nitrogen and oxygen atoms in total. The van der Waals surface area contributed by atoms with Gasteiger partial charge in [-0.1, -0.05) is 48.5 Å². The van der Waals surface area contributed by atoms with Crippen molar-refractivity contribution < 1.29 is 19.3 Å². The number of aliphatic hydroxyl groups is 1. The summed E-state index contributed by atoms with van der Waals surface area (Å²) < 4.78 is 18.0. The maximum atomic E-state index is 9.29. The molecule has 0 spiro atoms. The van der Waals surface area contributed by atoms with Gasteiger partial charge in [-0.05, 0) is 98.9 Å². The van der Waals surface area contributed by atoms with Gasteiger partial charge in [0.15, 0.2) is 0 Å². The molecule has 4 heteroatoms. The second-order valence-corrected chi connectivity index (χ2v) is 11.1. The van der Waals surface area contributed by atoms with E-state index in [1.165, 1.54) is 22.3 Å². The van der Waals surface area contributed by atoms with Crippen LogP contribution in [0.3, 0.4) is 0 Å². The first-order chi connectivity index (χ1) is 17.4. The predicted molar refractivity (Wildman–Crippen MR) is 143 cm³/mol. The molecule has 0 radical (unpaired) electrons. The molecule has 36 heavy (non-hydrogen) atoms. The van der Waals surface area contributed by atoms with Crippen LogP contribution in [0.5, 0.6) is 11.5 Å². The van der Waals surface area contributed by atoms with E-state index in [1.807, 2.05) is 0 Å². The van der Waals surface area contributed by atoms with Crippen molar-refractivity contribution in [1.82, 2.24) is 0 Å². The molecule has 1 heterocycles. The van der Waals surface area contributed by atoms with Gasteiger partial charge in [-0.25, -0.2) is 0 Å². The van der Waals surface area contributed by atoms with Crippen LogP contribution >= 0.6 is 0 Å². The molecule has 0 saturated carbocycles. The summed E-state index contributed by atoms with van der Waals surface area (Å²) in [5, 5.41) is 9.29. The van der Waals surface area contributed by atoms with Gasteiger partial charge in [-0.3, -0.25) is 0 Å². The minimum atomic E-state index is -0.215. The van der Waals surface area contributed by atoms with E-state index in [0.29, 0.717) is 12.5 Å². The summed E-state index contributed by atoms with van der Waals surface area (Å²) in [4.78, 5) is 0. The van der Waals surface area contributed by atoms with Crippen LogP contribution in [0, 0.1) is 0 Å². The van der Waals surface area contributed by atoms with Crippen LogP contribution in [0.2, 0.25) is 0 Å². The Morgan fingerprint density at radius 2 is 1.56 bits per heavy atom. The fourth-order valence-electron chi connectivity index (χ4n) is 5.68. The molecule has 190 valence electrons. The molecule has 1 N–H and O–H groups in total. The number of aryl methyl sites for hydroxylation is 1. The molecular weight excluding hydrogens is 448 g/mol. The smallest absolute Gasteiger partial charge is 0.120 e. The van der Waals surface area contributed by atoms with E-state index < -0.39 is 0 Å². The minimum absolute atomic E-state index is 0.0448. The third kappa shape index (κ3) is 5.77. The zero-order valence-corrected chi connectivity index (χ0v) is 21.7. The fourth-order valence-corrected chi connectivity index (χ4v) is 5.68. The van der Waals surface area contributed by atoms with E-state index in [0.717, 1.165) is 37.2 Å².